The summed E-state index contributed by atoms with van der Waals surface area (Å²) in [4.78, 5) is 0. The number of benzene rings is 1. The van der Waals surface area contributed by atoms with Gasteiger partial charge in [-0.1, -0.05) is 19.9 Å². The minimum Gasteiger partial charge on any atom is -0.200 e. The zero-order chi connectivity index (χ0) is 26.4. The first-order chi connectivity index (χ1) is 15.9. The van der Waals surface area contributed by atoms with Crippen LogP contribution in [0, 0.1) is 19.3 Å². The average Bonchev–Trinajstić information content (AvgIpc) is 2.74. The minimum atomic E-state index is -6.27. The third-order valence-electron chi connectivity index (χ3n) is 7.89. The van der Waals surface area contributed by atoms with Crippen molar-refractivity contribution in [2.75, 3.05) is 0 Å². The van der Waals surface area contributed by atoms with Crippen molar-refractivity contribution in [1.82, 2.24) is 0 Å². The molecule has 0 amide bonds. The Hall–Kier alpha value is -2.19. The van der Waals surface area contributed by atoms with Crippen molar-refractivity contribution >= 4 is 0 Å². The van der Waals surface area contributed by atoms with Gasteiger partial charge >= 0.3 is 23.7 Å². The maximum absolute atomic E-state index is 14.7. The summed E-state index contributed by atoms with van der Waals surface area (Å²) in [6, 6.07) is 3.92. The van der Waals surface area contributed by atoms with Crippen LogP contribution in [0.1, 0.15) is 73.3 Å². The van der Waals surface area contributed by atoms with E-state index in [1.54, 1.807) is 19.1 Å². The summed E-state index contributed by atoms with van der Waals surface area (Å²) in [5, 5.41) is 0. The van der Waals surface area contributed by atoms with Gasteiger partial charge in [0.2, 0.25) is 5.69 Å². The Balaban J connectivity index is 1.90. The summed E-state index contributed by atoms with van der Waals surface area (Å²) in [5.41, 5.74) is -0.268. The predicted octanol–water partition coefficient (Wildman–Crippen LogP) is 7.95. The van der Waals surface area contributed by atoms with Gasteiger partial charge in [-0.25, -0.2) is 4.57 Å². The summed E-state index contributed by atoms with van der Waals surface area (Å²) in [6.07, 6.45) is 4.25. The van der Waals surface area contributed by atoms with Crippen LogP contribution >= 0.6 is 0 Å². The van der Waals surface area contributed by atoms with Crippen molar-refractivity contribution in [2.24, 2.45) is 12.5 Å². The fraction of sp³-hybridized carbons (Fsp3) is 0.577. The van der Waals surface area contributed by atoms with Gasteiger partial charge in [-0.2, -0.15) is 35.1 Å². The Labute approximate surface area is 199 Å². The molecule has 0 radical (unpaired) electrons. The second-order valence-corrected chi connectivity index (χ2v) is 10.8. The van der Waals surface area contributed by atoms with Gasteiger partial charge < -0.3 is 0 Å². The molecular formula is C26H28F8N+. The van der Waals surface area contributed by atoms with E-state index in [4.69, 9.17) is 0 Å². The van der Waals surface area contributed by atoms with Crippen LogP contribution in [-0.4, -0.2) is 11.8 Å². The SMILES string of the molecule is Cc1ccc(-c2cc3c(c[n+]2C)C(F)(F)C(F)(F)C(F)(F)C3(F)F)c(C)c1C1CCC(C)(C)CC1. The van der Waals surface area contributed by atoms with Gasteiger partial charge in [0.25, 0.3) is 0 Å². The summed E-state index contributed by atoms with van der Waals surface area (Å²) < 4.78 is 115. The topological polar surface area (TPSA) is 3.88 Å². The molecule has 0 aliphatic heterocycles. The molecule has 35 heavy (non-hydrogen) atoms. The molecule has 0 unspecified atom stereocenters. The standard InChI is InChI=1S/C26H28F8N/c1-14-6-7-17(15(2)21(14)16-8-10-22(3,4)11-9-16)20-12-18-19(13-35(20)5)24(29,30)26(33,34)25(31,32)23(18,27)28/h6-7,12-13,16H,8-11H2,1-5H3/q+1. The van der Waals surface area contributed by atoms with Gasteiger partial charge in [0.1, 0.15) is 12.6 Å². The highest BCUT2D eigenvalue weighted by atomic mass is 19.4. The number of hydrogen-bond donors (Lipinski definition) is 0. The second kappa shape index (κ2) is 7.65. The number of fused-ring (bicyclic) bond motifs is 1. The predicted molar refractivity (Wildman–Crippen MR) is 115 cm³/mol. The maximum Gasteiger partial charge on any atom is 0.383 e. The molecule has 2 aliphatic carbocycles. The third kappa shape index (κ3) is 3.50. The number of alkyl halides is 8. The fourth-order valence-electron chi connectivity index (χ4n) is 5.62. The van der Waals surface area contributed by atoms with E-state index in [9.17, 15) is 35.1 Å². The Kier molecular flexibility index (Phi) is 5.66. The molecular weight excluding hydrogens is 478 g/mol. The smallest absolute Gasteiger partial charge is 0.200 e. The first kappa shape index (κ1) is 25.9. The molecule has 192 valence electrons. The Morgan fingerprint density at radius 2 is 1.31 bits per heavy atom. The normalized spacial score (nSPS) is 24.1. The molecule has 2 aliphatic rings. The van der Waals surface area contributed by atoms with E-state index < -0.39 is 34.8 Å². The van der Waals surface area contributed by atoms with Gasteiger partial charge in [-0.05, 0) is 73.6 Å². The average molecular weight is 507 g/mol. The number of aryl methyl sites for hydroxylation is 2. The molecule has 1 aromatic heterocycles. The van der Waals surface area contributed by atoms with Gasteiger partial charge in [-0.3, -0.25) is 0 Å². The second-order valence-electron chi connectivity index (χ2n) is 10.8. The number of rotatable bonds is 2. The Morgan fingerprint density at radius 3 is 1.86 bits per heavy atom. The Bertz CT molecular complexity index is 1170. The van der Waals surface area contributed by atoms with Crippen LogP contribution < -0.4 is 4.57 Å². The van der Waals surface area contributed by atoms with Crippen LogP contribution in [0.3, 0.4) is 0 Å². The Morgan fingerprint density at radius 1 is 0.800 bits per heavy atom. The van der Waals surface area contributed by atoms with Crippen LogP contribution in [0.25, 0.3) is 11.3 Å². The number of pyridine rings is 1. The summed E-state index contributed by atoms with van der Waals surface area (Å²) in [7, 11) is 1.25. The fourth-order valence-corrected chi connectivity index (χ4v) is 5.62. The number of hydrogen-bond acceptors (Lipinski definition) is 0. The molecule has 2 aromatic rings. The molecule has 4 rings (SSSR count). The zero-order valence-corrected chi connectivity index (χ0v) is 20.2. The quantitative estimate of drug-likeness (QED) is 0.288. The van der Waals surface area contributed by atoms with E-state index >= 15 is 0 Å². The van der Waals surface area contributed by atoms with Crippen LogP contribution in [0.15, 0.2) is 24.4 Å². The molecule has 9 heteroatoms. The molecule has 1 fully saturated rings. The molecule has 0 atom stereocenters. The van der Waals surface area contributed by atoms with E-state index in [2.05, 4.69) is 13.8 Å². The highest BCUT2D eigenvalue weighted by molar-refractivity contribution is 5.66. The summed E-state index contributed by atoms with van der Waals surface area (Å²) in [5.74, 6) is -23.3. The molecule has 0 spiro atoms. The zero-order valence-electron chi connectivity index (χ0n) is 20.2. The third-order valence-corrected chi connectivity index (χ3v) is 7.89. The largest absolute Gasteiger partial charge is 0.383 e. The van der Waals surface area contributed by atoms with Crippen LogP contribution in [0.5, 0.6) is 0 Å². The molecule has 0 saturated heterocycles. The van der Waals surface area contributed by atoms with Crippen molar-refractivity contribution in [2.45, 2.75) is 83.0 Å². The van der Waals surface area contributed by atoms with E-state index in [-0.39, 0.29) is 17.0 Å². The minimum absolute atomic E-state index is 0.0323. The molecule has 1 aromatic carbocycles. The van der Waals surface area contributed by atoms with Crippen LogP contribution in [0.2, 0.25) is 0 Å². The number of aromatic nitrogens is 1. The number of halogens is 8. The summed E-state index contributed by atoms with van der Waals surface area (Å²) >= 11 is 0. The lowest BCUT2D eigenvalue weighted by Gasteiger charge is -2.42. The lowest BCUT2D eigenvalue weighted by atomic mass is 9.69. The highest BCUT2D eigenvalue weighted by Gasteiger charge is 2.86. The van der Waals surface area contributed by atoms with Crippen molar-refractivity contribution in [3.8, 4) is 11.3 Å². The first-order valence-corrected chi connectivity index (χ1v) is 11.5. The molecule has 1 nitrogen and oxygen atoms in total. The maximum atomic E-state index is 14.7. The summed E-state index contributed by atoms with van der Waals surface area (Å²) in [6.45, 7) is 8.10. The van der Waals surface area contributed by atoms with Crippen LogP contribution in [0.4, 0.5) is 35.1 Å². The van der Waals surface area contributed by atoms with Crippen molar-refractivity contribution in [1.29, 1.82) is 0 Å². The van der Waals surface area contributed by atoms with Gasteiger partial charge in [0, 0.05) is 17.2 Å². The monoisotopic (exact) mass is 506 g/mol. The van der Waals surface area contributed by atoms with Crippen LogP contribution in [-0.2, 0) is 18.9 Å². The number of nitrogens with zero attached hydrogens (tertiary/aromatic N) is 1. The molecule has 1 heterocycles. The van der Waals surface area contributed by atoms with E-state index in [1.807, 2.05) is 6.92 Å². The van der Waals surface area contributed by atoms with Gasteiger partial charge in [-0.15, -0.1) is 0 Å². The molecule has 0 N–H and O–H groups in total. The van der Waals surface area contributed by atoms with E-state index in [0.29, 0.717) is 17.8 Å². The van der Waals surface area contributed by atoms with E-state index in [1.165, 1.54) is 7.05 Å². The van der Waals surface area contributed by atoms with Gasteiger partial charge in [0.05, 0.1) is 0 Å². The lowest BCUT2D eigenvalue weighted by Crippen LogP contribution is -2.64. The first-order valence-electron chi connectivity index (χ1n) is 11.5. The van der Waals surface area contributed by atoms with Crippen molar-refractivity contribution < 1.29 is 39.7 Å². The van der Waals surface area contributed by atoms with Crippen molar-refractivity contribution in [3.63, 3.8) is 0 Å². The van der Waals surface area contributed by atoms with E-state index in [0.717, 1.165) is 46.9 Å². The lowest BCUT2D eigenvalue weighted by molar-refractivity contribution is -0.661. The molecule has 0 bridgehead atoms. The van der Waals surface area contributed by atoms with Gasteiger partial charge in [0.15, 0.2) is 6.20 Å². The molecule has 1 saturated carbocycles. The highest BCUT2D eigenvalue weighted by Crippen LogP contribution is 2.64. The van der Waals surface area contributed by atoms with Crippen molar-refractivity contribution in [3.05, 3.63) is 52.2 Å².